The predicted octanol–water partition coefficient (Wildman–Crippen LogP) is 26.0. The third-order valence-corrected chi connectivity index (χ3v) is 18.3. The Morgan fingerprint density at radius 2 is 0.522 bits per heavy atom. The minimum absolute atomic E-state index is 0.247. The first-order valence-corrected chi connectivity index (χ1v) is 36.7. The number of rotatable bonds is 49. The molecule has 0 N–H and O–H groups in total. The van der Waals surface area contributed by atoms with E-state index in [1.165, 1.54) is 211 Å². The van der Waals surface area contributed by atoms with Gasteiger partial charge >= 0.3 is 0 Å². The lowest BCUT2D eigenvalue weighted by atomic mass is 9.92. The molecule has 92 heavy (non-hydrogen) atoms. The average molecular weight is 1240 g/mol. The van der Waals surface area contributed by atoms with Crippen LogP contribution in [0, 0.1) is 0 Å². The standard InChI is InChI=1S/C86H114O6/c1-5-7-9-23-29-39-69(3)91-79-59-49-73(50-60-79)71-45-55-77(56-46-71)87-65-35-25-19-15-11-13-17-21-27-37-67-89-83-63-53-75-41-31-33-43-81(75)85(83)86-82-44-34-32-42-76(82)54-64-84(86)90-68-38-28-22-18-14-12-16-20-26-36-66-88-78-57-47-72(48-58-78)74-51-61-80(62-52-74)92-70(4)40-30-24-10-8-6-2/h31-34,41-64,69-70H,5-30,35-40,65-68H2,1-4H3/t69-,70-/m0/s1. The van der Waals surface area contributed by atoms with Gasteiger partial charge in [0, 0.05) is 11.1 Å². The zero-order valence-corrected chi connectivity index (χ0v) is 57.2. The van der Waals surface area contributed by atoms with E-state index >= 15 is 0 Å². The van der Waals surface area contributed by atoms with E-state index in [4.69, 9.17) is 28.4 Å². The molecule has 0 saturated carbocycles. The first-order chi connectivity index (χ1) is 45.4. The molecule has 0 aliphatic carbocycles. The van der Waals surface area contributed by atoms with Crippen LogP contribution < -0.4 is 28.4 Å². The minimum Gasteiger partial charge on any atom is -0.494 e. The average Bonchev–Trinajstić information content (AvgIpc) is 0.762. The van der Waals surface area contributed by atoms with E-state index in [0.717, 1.165) is 97.4 Å². The molecule has 6 nitrogen and oxygen atoms in total. The second-order valence-electron chi connectivity index (χ2n) is 26.1. The Kier molecular flexibility index (Phi) is 32.6. The molecule has 0 unspecified atom stereocenters. The Balaban J connectivity index is 0.657. The Morgan fingerprint density at radius 3 is 0.848 bits per heavy atom. The fourth-order valence-corrected chi connectivity index (χ4v) is 12.8. The molecule has 8 rings (SSSR count). The van der Waals surface area contributed by atoms with E-state index in [9.17, 15) is 0 Å². The zero-order chi connectivity index (χ0) is 63.9. The molecule has 8 aromatic carbocycles. The normalized spacial score (nSPS) is 12.1. The second kappa shape index (κ2) is 42.3. The summed E-state index contributed by atoms with van der Waals surface area (Å²) in [7, 11) is 0. The molecular formula is C86H114O6. The van der Waals surface area contributed by atoms with E-state index in [1.807, 2.05) is 0 Å². The summed E-state index contributed by atoms with van der Waals surface area (Å²) >= 11 is 0. The van der Waals surface area contributed by atoms with Gasteiger partial charge in [-0.2, -0.15) is 0 Å². The van der Waals surface area contributed by atoms with Crippen molar-refractivity contribution in [2.75, 3.05) is 26.4 Å². The number of benzene rings is 8. The Bertz CT molecular complexity index is 3000. The van der Waals surface area contributed by atoms with Gasteiger partial charge in [-0.05, 0) is 170 Å². The molecule has 0 aliphatic heterocycles. The van der Waals surface area contributed by atoms with E-state index < -0.39 is 0 Å². The van der Waals surface area contributed by atoms with Crippen molar-refractivity contribution in [1.82, 2.24) is 0 Å². The highest BCUT2D eigenvalue weighted by molar-refractivity contribution is 6.09. The van der Waals surface area contributed by atoms with E-state index in [1.54, 1.807) is 0 Å². The number of hydrogen-bond acceptors (Lipinski definition) is 6. The highest BCUT2D eigenvalue weighted by atomic mass is 16.5. The molecule has 8 aromatic rings. The monoisotopic (exact) mass is 1240 g/mol. The summed E-state index contributed by atoms with van der Waals surface area (Å²) < 4.78 is 38.2. The van der Waals surface area contributed by atoms with Crippen LogP contribution >= 0.6 is 0 Å². The number of ether oxygens (including phenoxy) is 6. The van der Waals surface area contributed by atoms with Crippen LogP contribution in [-0.4, -0.2) is 38.6 Å². The van der Waals surface area contributed by atoms with Gasteiger partial charge in [0.05, 0.1) is 38.6 Å². The van der Waals surface area contributed by atoms with Crippen molar-refractivity contribution in [1.29, 1.82) is 0 Å². The zero-order valence-electron chi connectivity index (χ0n) is 57.2. The van der Waals surface area contributed by atoms with Crippen LogP contribution in [0.5, 0.6) is 34.5 Å². The third-order valence-electron chi connectivity index (χ3n) is 18.3. The molecule has 0 amide bonds. The highest BCUT2D eigenvalue weighted by Gasteiger charge is 2.20. The summed E-state index contributed by atoms with van der Waals surface area (Å²) in [6.07, 6.45) is 40.3. The van der Waals surface area contributed by atoms with E-state index in [-0.39, 0.29) is 12.2 Å². The summed E-state index contributed by atoms with van der Waals surface area (Å²) in [5.74, 6) is 5.68. The summed E-state index contributed by atoms with van der Waals surface area (Å²) in [6, 6.07) is 60.4. The molecule has 0 bridgehead atoms. The molecule has 0 saturated heterocycles. The smallest absolute Gasteiger partial charge is 0.127 e. The molecule has 0 aromatic heterocycles. The summed E-state index contributed by atoms with van der Waals surface area (Å²) in [5.41, 5.74) is 7.08. The van der Waals surface area contributed by atoms with Crippen molar-refractivity contribution in [3.63, 3.8) is 0 Å². The van der Waals surface area contributed by atoms with Crippen molar-refractivity contribution in [3.8, 4) is 67.9 Å². The van der Waals surface area contributed by atoms with Gasteiger partial charge in [-0.25, -0.2) is 0 Å². The number of fused-ring (bicyclic) bond motifs is 2. The van der Waals surface area contributed by atoms with Crippen LogP contribution in [0.2, 0.25) is 0 Å². The fraction of sp³-hybridized carbons (Fsp3) is 0.488. The minimum atomic E-state index is 0.247. The van der Waals surface area contributed by atoms with Crippen LogP contribution in [-0.2, 0) is 0 Å². The molecule has 0 radical (unpaired) electrons. The van der Waals surface area contributed by atoms with Gasteiger partial charge in [-0.15, -0.1) is 0 Å². The third kappa shape index (κ3) is 25.2. The highest BCUT2D eigenvalue weighted by Crippen LogP contribution is 2.46. The Morgan fingerprint density at radius 1 is 0.250 bits per heavy atom. The van der Waals surface area contributed by atoms with Crippen LogP contribution in [0.1, 0.15) is 233 Å². The first kappa shape index (κ1) is 70.9. The summed E-state index contributed by atoms with van der Waals surface area (Å²) in [4.78, 5) is 0. The number of hydrogen-bond donors (Lipinski definition) is 0. The molecule has 0 spiro atoms. The predicted molar refractivity (Wildman–Crippen MR) is 392 cm³/mol. The van der Waals surface area contributed by atoms with Gasteiger partial charge < -0.3 is 28.4 Å². The molecule has 494 valence electrons. The Hall–Kier alpha value is -6.92. The quantitative estimate of drug-likeness (QED) is 0.0354. The maximum absolute atomic E-state index is 6.77. The van der Waals surface area contributed by atoms with Gasteiger partial charge in [0.1, 0.15) is 34.5 Å². The molecule has 0 aliphatic rings. The fourth-order valence-electron chi connectivity index (χ4n) is 12.8. The van der Waals surface area contributed by atoms with Crippen molar-refractivity contribution in [3.05, 3.63) is 170 Å². The number of unbranched alkanes of at least 4 members (excludes halogenated alkanes) is 26. The van der Waals surface area contributed by atoms with Crippen molar-refractivity contribution >= 4 is 21.5 Å². The van der Waals surface area contributed by atoms with Gasteiger partial charge in [0.25, 0.3) is 0 Å². The summed E-state index contributed by atoms with van der Waals surface area (Å²) in [5, 5.41) is 4.83. The maximum Gasteiger partial charge on any atom is 0.127 e. The van der Waals surface area contributed by atoms with Gasteiger partial charge in [0.15, 0.2) is 0 Å². The summed E-state index contributed by atoms with van der Waals surface area (Å²) in [6.45, 7) is 11.9. The van der Waals surface area contributed by atoms with Crippen LogP contribution in [0.4, 0.5) is 0 Å². The van der Waals surface area contributed by atoms with Crippen molar-refractivity contribution < 1.29 is 28.4 Å². The molecule has 2 atom stereocenters. The maximum atomic E-state index is 6.77. The van der Waals surface area contributed by atoms with E-state index in [2.05, 4.69) is 198 Å². The van der Waals surface area contributed by atoms with Crippen molar-refractivity contribution in [2.45, 2.75) is 245 Å². The van der Waals surface area contributed by atoms with Crippen LogP contribution in [0.25, 0.3) is 54.9 Å². The van der Waals surface area contributed by atoms with Gasteiger partial charge in [-0.1, -0.05) is 277 Å². The Labute approximate surface area is 556 Å². The van der Waals surface area contributed by atoms with Gasteiger partial charge in [-0.3, -0.25) is 0 Å². The molecule has 0 heterocycles. The lowest BCUT2D eigenvalue weighted by Gasteiger charge is -2.20. The molecule has 6 heteroatoms. The van der Waals surface area contributed by atoms with Gasteiger partial charge in [0.2, 0.25) is 0 Å². The largest absolute Gasteiger partial charge is 0.494 e. The second-order valence-corrected chi connectivity index (χ2v) is 26.1. The molecule has 0 fully saturated rings. The van der Waals surface area contributed by atoms with Crippen molar-refractivity contribution in [2.24, 2.45) is 0 Å². The SMILES string of the molecule is CCCCCCC[C@H](C)Oc1ccc(-c2ccc(OCCCCCCCCCCCCOc3ccc4ccccc4c3-c3c(OCCCCCCCCCCCCOc4ccc(-c5ccc(O[C@@H](C)CCCCCCC)cc5)cc4)ccc4ccccc34)cc2)cc1. The lowest BCUT2D eigenvalue weighted by Crippen LogP contribution is -2.11. The molecular weight excluding hydrogens is 1130 g/mol. The van der Waals surface area contributed by atoms with E-state index in [0.29, 0.717) is 13.2 Å². The lowest BCUT2D eigenvalue weighted by molar-refractivity contribution is 0.206. The first-order valence-electron chi connectivity index (χ1n) is 36.7. The topological polar surface area (TPSA) is 55.4 Å². The van der Waals surface area contributed by atoms with Crippen LogP contribution in [0.3, 0.4) is 0 Å². The van der Waals surface area contributed by atoms with Crippen LogP contribution in [0.15, 0.2) is 170 Å².